The summed E-state index contributed by atoms with van der Waals surface area (Å²) in [6.07, 6.45) is 2.00. The van der Waals surface area contributed by atoms with E-state index < -0.39 is 16.6 Å². The van der Waals surface area contributed by atoms with Crippen molar-refractivity contribution in [3.05, 3.63) is 88.0 Å². The second-order valence-corrected chi connectivity index (χ2v) is 8.32. The van der Waals surface area contributed by atoms with Crippen LogP contribution in [0.25, 0.3) is 0 Å². The van der Waals surface area contributed by atoms with Gasteiger partial charge >= 0.3 is 0 Å². The second kappa shape index (κ2) is 11.9. The summed E-state index contributed by atoms with van der Waals surface area (Å²) in [6, 6.07) is 9.93. The van der Waals surface area contributed by atoms with Crippen molar-refractivity contribution in [2.75, 3.05) is 17.6 Å². The zero-order valence-corrected chi connectivity index (χ0v) is 19.7. The first kappa shape index (κ1) is 25.6. The number of carbonyl (C=O) groups excluding carboxylic acids is 2. The number of carbonyl (C=O) groups is 2. The number of nitro benzene ring substituents is 1. The summed E-state index contributed by atoms with van der Waals surface area (Å²) in [5.74, 6) is -0.812. The van der Waals surface area contributed by atoms with Crippen LogP contribution in [0.5, 0.6) is 0 Å². The molecule has 0 radical (unpaired) electrons. The molecule has 10 nitrogen and oxygen atoms in total. The third kappa shape index (κ3) is 6.73. The van der Waals surface area contributed by atoms with Gasteiger partial charge in [-0.2, -0.15) is 0 Å². The van der Waals surface area contributed by atoms with Gasteiger partial charge in [0.25, 0.3) is 11.6 Å². The van der Waals surface area contributed by atoms with E-state index in [1.54, 1.807) is 23.6 Å². The summed E-state index contributed by atoms with van der Waals surface area (Å²) < 4.78 is 15.5. The van der Waals surface area contributed by atoms with Gasteiger partial charge in [-0.3, -0.25) is 19.7 Å². The van der Waals surface area contributed by atoms with Gasteiger partial charge in [-0.15, -0.1) is 16.8 Å². The molecule has 35 heavy (non-hydrogen) atoms. The molecule has 0 atom stereocenters. The zero-order valence-electron chi connectivity index (χ0n) is 18.9. The molecule has 0 saturated carbocycles. The highest BCUT2D eigenvalue weighted by atomic mass is 32.2. The molecule has 3 aromatic rings. The molecular weight excluding hydrogens is 475 g/mol. The van der Waals surface area contributed by atoms with Gasteiger partial charge < -0.3 is 15.2 Å². The lowest BCUT2D eigenvalue weighted by Crippen LogP contribution is -2.27. The minimum atomic E-state index is -0.597. The number of non-ortho nitro benzene ring substituents is 1. The van der Waals surface area contributed by atoms with E-state index in [0.29, 0.717) is 35.2 Å². The van der Waals surface area contributed by atoms with Gasteiger partial charge in [-0.1, -0.05) is 30.0 Å². The number of nitrogens with zero attached hydrogens (tertiary/aromatic N) is 4. The third-order valence-electron chi connectivity index (χ3n) is 4.89. The van der Waals surface area contributed by atoms with E-state index in [2.05, 4.69) is 27.4 Å². The van der Waals surface area contributed by atoms with E-state index in [1.165, 1.54) is 48.2 Å². The molecule has 2 aromatic carbocycles. The molecule has 0 spiro atoms. The van der Waals surface area contributed by atoms with Crippen LogP contribution in [0.3, 0.4) is 0 Å². The topological polar surface area (TPSA) is 132 Å². The molecule has 182 valence electrons. The van der Waals surface area contributed by atoms with Gasteiger partial charge in [0, 0.05) is 37.3 Å². The average molecular weight is 499 g/mol. The first-order valence-corrected chi connectivity index (χ1v) is 11.5. The number of halogens is 1. The molecule has 0 aliphatic heterocycles. The Kier molecular flexibility index (Phi) is 8.68. The Balaban J connectivity index is 1.57. The van der Waals surface area contributed by atoms with Crippen molar-refractivity contribution >= 4 is 35.0 Å². The maximum atomic E-state index is 13.8. The van der Waals surface area contributed by atoms with Gasteiger partial charge in [-0.25, -0.2) is 4.39 Å². The highest BCUT2D eigenvalue weighted by molar-refractivity contribution is 7.99. The number of aryl methyl sites for hydroxylation is 1. The molecule has 0 aliphatic rings. The summed E-state index contributed by atoms with van der Waals surface area (Å²) in [7, 11) is 0. The van der Waals surface area contributed by atoms with Crippen LogP contribution in [-0.2, 0) is 17.8 Å². The van der Waals surface area contributed by atoms with E-state index in [1.807, 2.05) is 0 Å². The van der Waals surface area contributed by atoms with Crippen LogP contribution in [0.4, 0.5) is 15.8 Å². The van der Waals surface area contributed by atoms with Crippen molar-refractivity contribution in [1.29, 1.82) is 0 Å². The Labute approximate surface area is 204 Å². The standard InChI is InChI=1S/C23H23FN6O4S/c1-3-12-29-20(10-11-25-22(32)17-6-4-5-7-18(17)24)27-28-23(29)35-14-21(31)26-19-9-8-16(30(33)34)13-15(19)2/h3-9,13H,1,10-12,14H2,2H3,(H,25,32)(H,26,31). The number of amides is 2. The number of nitrogens with one attached hydrogen (secondary N) is 2. The number of allylic oxidation sites excluding steroid dienone is 1. The van der Waals surface area contributed by atoms with Crippen LogP contribution < -0.4 is 10.6 Å². The van der Waals surface area contributed by atoms with Crippen molar-refractivity contribution in [2.45, 2.75) is 25.0 Å². The number of anilines is 1. The molecule has 2 amide bonds. The highest BCUT2D eigenvalue weighted by Gasteiger charge is 2.16. The lowest BCUT2D eigenvalue weighted by atomic mass is 10.2. The molecule has 0 unspecified atom stereocenters. The van der Waals surface area contributed by atoms with Gasteiger partial charge in [0.2, 0.25) is 5.91 Å². The highest BCUT2D eigenvalue weighted by Crippen LogP contribution is 2.22. The van der Waals surface area contributed by atoms with Crippen LogP contribution in [0.2, 0.25) is 0 Å². The van der Waals surface area contributed by atoms with E-state index >= 15 is 0 Å². The van der Waals surface area contributed by atoms with Crippen molar-refractivity contribution in [3.8, 4) is 0 Å². The summed E-state index contributed by atoms with van der Waals surface area (Å²) >= 11 is 1.17. The Morgan fingerprint density at radius 2 is 2.03 bits per heavy atom. The van der Waals surface area contributed by atoms with E-state index in [4.69, 9.17) is 0 Å². The van der Waals surface area contributed by atoms with Crippen LogP contribution in [0, 0.1) is 22.9 Å². The van der Waals surface area contributed by atoms with Crippen molar-refractivity contribution < 1.29 is 18.9 Å². The minimum absolute atomic E-state index is 0.0365. The largest absolute Gasteiger partial charge is 0.351 e. The van der Waals surface area contributed by atoms with Crippen molar-refractivity contribution in [2.24, 2.45) is 0 Å². The second-order valence-electron chi connectivity index (χ2n) is 7.38. The first-order valence-electron chi connectivity index (χ1n) is 10.5. The first-order chi connectivity index (χ1) is 16.8. The monoisotopic (exact) mass is 498 g/mol. The number of thioether (sulfide) groups is 1. The van der Waals surface area contributed by atoms with Gasteiger partial charge in [0.05, 0.1) is 16.2 Å². The lowest BCUT2D eigenvalue weighted by Gasteiger charge is -2.10. The smallest absolute Gasteiger partial charge is 0.269 e. The van der Waals surface area contributed by atoms with Crippen LogP contribution in [-0.4, -0.2) is 43.8 Å². The number of hydrogen-bond acceptors (Lipinski definition) is 7. The Morgan fingerprint density at radius 1 is 1.26 bits per heavy atom. The fraction of sp³-hybridized carbons (Fsp3) is 0.217. The molecule has 0 aliphatic carbocycles. The molecule has 1 heterocycles. The van der Waals surface area contributed by atoms with Crippen molar-refractivity contribution in [1.82, 2.24) is 20.1 Å². The predicted octanol–water partition coefficient (Wildman–Crippen LogP) is 3.52. The Morgan fingerprint density at radius 3 is 2.71 bits per heavy atom. The number of hydrogen-bond donors (Lipinski definition) is 2. The maximum Gasteiger partial charge on any atom is 0.269 e. The molecule has 2 N–H and O–H groups in total. The summed E-state index contributed by atoms with van der Waals surface area (Å²) in [5, 5.41) is 25.0. The number of rotatable bonds is 11. The zero-order chi connectivity index (χ0) is 25.4. The van der Waals surface area contributed by atoms with Crippen LogP contribution >= 0.6 is 11.8 Å². The normalized spacial score (nSPS) is 10.6. The molecule has 1 aromatic heterocycles. The quantitative estimate of drug-likeness (QED) is 0.179. The molecule has 0 bridgehead atoms. The average Bonchev–Trinajstić information content (AvgIpc) is 3.20. The SMILES string of the molecule is C=CCn1c(CCNC(=O)c2ccccc2F)nnc1SCC(=O)Nc1ccc([N+](=O)[O-])cc1C. The molecular formula is C23H23FN6O4S. The molecule has 12 heteroatoms. The third-order valence-corrected chi connectivity index (χ3v) is 5.85. The van der Waals surface area contributed by atoms with Crippen LogP contribution in [0.15, 0.2) is 60.3 Å². The molecule has 0 fully saturated rings. The molecule has 0 saturated heterocycles. The number of nitro groups is 1. The fourth-order valence-electron chi connectivity index (χ4n) is 3.17. The number of aromatic nitrogens is 3. The van der Waals surface area contributed by atoms with Gasteiger partial charge in [-0.05, 0) is 30.7 Å². The van der Waals surface area contributed by atoms with E-state index in [9.17, 15) is 24.1 Å². The summed E-state index contributed by atoms with van der Waals surface area (Å²) in [6.45, 7) is 6.02. The maximum absolute atomic E-state index is 13.8. The van der Waals surface area contributed by atoms with Crippen molar-refractivity contribution in [3.63, 3.8) is 0 Å². The summed E-state index contributed by atoms with van der Waals surface area (Å²) in [4.78, 5) is 35.0. The van der Waals surface area contributed by atoms with Gasteiger partial charge in [0.15, 0.2) is 5.16 Å². The lowest BCUT2D eigenvalue weighted by molar-refractivity contribution is -0.384. The minimum Gasteiger partial charge on any atom is -0.351 e. The van der Waals surface area contributed by atoms with E-state index in [-0.39, 0.29) is 29.5 Å². The Hall–Kier alpha value is -4.06. The predicted molar refractivity (Wildman–Crippen MR) is 130 cm³/mol. The van der Waals surface area contributed by atoms with E-state index in [0.717, 1.165) is 0 Å². The van der Waals surface area contributed by atoms with Crippen LogP contribution in [0.1, 0.15) is 21.7 Å². The Bertz CT molecular complexity index is 1260. The summed E-state index contributed by atoms with van der Waals surface area (Å²) in [5.41, 5.74) is 0.975. The number of benzene rings is 2. The van der Waals surface area contributed by atoms with Gasteiger partial charge in [0.1, 0.15) is 11.6 Å². The molecule has 3 rings (SSSR count). The fourth-order valence-corrected chi connectivity index (χ4v) is 3.94.